The third kappa shape index (κ3) is 4.14. The second-order valence-corrected chi connectivity index (χ2v) is 8.47. The van der Waals surface area contributed by atoms with Crippen molar-refractivity contribution in [2.45, 2.75) is 58.1 Å². The number of nitrogens with one attached hydrogen (secondary N) is 2. The molecule has 1 aromatic rings. The Bertz CT molecular complexity index is 725. The molecule has 8 nitrogen and oxygen atoms in total. The average molecular weight is 380 g/mol. The van der Waals surface area contributed by atoms with Crippen LogP contribution >= 0.6 is 11.3 Å². The van der Waals surface area contributed by atoms with E-state index in [0.717, 1.165) is 18.5 Å². The van der Waals surface area contributed by atoms with Gasteiger partial charge in [-0.25, -0.2) is 9.78 Å². The number of hydrogen-bond acceptors (Lipinski definition) is 6. The van der Waals surface area contributed by atoms with Crippen molar-refractivity contribution in [3.05, 3.63) is 10.6 Å². The van der Waals surface area contributed by atoms with Gasteiger partial charge in [-0.3, -0.25) is 14.5 Å². The minimum atomic E-state index is -0.610. The van der Waals surface area contributed by atoms with Gasteiger partial charge in [-0.1, -0.05) is 11.3 Å². The van der Waals surface area contributed by atoms with Gasteiger partial charge in [-0.15, -0.1) is 0 Å². The standard InChI is InChI=1S/C17H24N4O4S/c1-17(2,3)25-16(24)21-9-5-7-11(21)13(22)20-15-19-10-6-4-8-18-14(23)12(10)26-15/h11H,4-9H2,1-3H3,(H,18,23)(H,19,20,22). The van der Waals surface area contributed by atoms with Crippen molar-refractivity contribution in [1.82, 2.24) is 15.2 Å². The summed E-state index contributed by atoms with van der Waals surface area (Å²) in [5.41, 5.74) is 0.108. The Kier molecular flexibility index (Phi) is 5.17. The minimum Gasteiger partial charge on any atom is -0.444 e. The van der Waals surface area contributed by atoms with Gasteiger partial charge in [-0.05, 0) is 46.5 Å². The molecule has 1 fully saturated rings. The lowest BCUT2D eigenvalue weighted by atomic mass is 10.2. The highest BCUT2D eigenvalue weighted by molar-refractivity contribution is 7.17. The predicted molar refractivity (Wildman–Crippen MR) is 97.4 cm³/mol. The van der Waals surface area contributed by atoms with Crippen molar-refractivity contribution in [2.24, 2.45) is 0 Å². The van der Waals surface area contributed by atoms with E-state index in [1.165, 1.54) is 16.2 Å². The number of carbonyl (C=O) groups excluding carboxylic acids is 3. The summed E-state index contributed by atoms with van der Waals surface area (Å²) in [5, 5.41) is 5.98. The SMILES string of the molecule is CC(C)(C)OC(=O)N1CCCC1C(=O)Nc1nc2c(s1)C(=O)NCCC2. The van der Waals surface area contributed by atoms with Crippen LogP contribution in [0, 0.1) is 0 Å². The molecule has 2 aliphatic rings. The molecule has 0 aliphatic carbocycles. The number of carbonyl (C=O) groups is 3. The van der Waals surface area contributed by atoms with E-state index in [1.54, 1.807) is 20.8 Å². The molecule has 1 unspecified atom stereocenters. The lowest BCUT2D eigenvalue weighted by Crippen LogP contribution is -2.45. The van der Waals surface area contributed by atoms with Crippen LogP contribution in [0.4, 0.5) is 9.93 Å². The molecule has 3 rings (SSSR count). The molecule has 0 bridgehead atoms. The molecule has 1 atom stereocenters. The van der Waals surface area contributed by atoms with Crippen molar-refractivity contribution < 1.29 is 19.1 Å². The van der Waals surface area contributed by atoms with Crippen LogP contribution in [0.5, 0.6) is 0 Å². The van der Waals surface area contributed by atoms with E-state index in [4.69, 9.17) is 4.74 Å². The van der Waals surface area contributed by atoms with Crippen LogP contribution in [0.15, 0.2) is 0 Å². The van der Waals surface area contributed by atoms with Gasteiger partial charge in [0.1, 0.15) is 16.5 Å². The first-order chi connectivity index (χ1) is 12.2. The Labute approximate surface area is 156 Å². The molecule has 0 aromatic carbocycles. The van der Waals surface area contributed by atoms with Gasteiger partial charge >= 0.3 is 6.09 Å². The fraction of sp³-hybridized carbons (Fsp3) is 0.647. The molecule has 2 N–H and O–H groups in total. The summed E-state index contributed by atoms with van der Waals surface area (Å²) in [4.78, 5) is 43.4. The number of amides is 3. The summed E-state index contributed by atoms with van der Waals surface area (Å²) in [5.74, 6) is -0.440. The molecular formula is C17H24N4O4S. The average Bonchev–Trinajstić information content (AvgIpc) is 3.13. The van der Waals surface area contributed by atoms with E-state index in [1.807, 2.05) is 0 Å². The molecule has 9 heteroatoms. The van der Waals surface area contributed by atoms with Crippen LogP contribution in [0.3, 0.4) is 0 Å². The molecule has 0 spiro atoms. The van der Waals surface area contributed by atoms with E-state index in [0.29, 0.717) is 35.9 Å². The van der Waals surface area contributed by atoms with Crippen LogP contribution in [0.2, 0.25) is 0 Å². The predicted octanol–water partition coefficient (Wildman–Crippen LogP) is 2.16. The molecule has 26 heavy (non-hydrogen) atoms. The van der Waals surface area contributed by atoms with Crippen molar-refractivity contribution >= 4 is 34.4 Å². The molecule has 0 radical (unpaired) electrons. The summed E-state index contributed by atoms with van der Waals surface area (Å²) in [7, 11) is 0. The Hall–Kier alpha value is -2.16. The second kappa shape index (κ2) is 7.22. The maximum absolute atomic E-state index is 12.7. The van der Waals surface area contributed by atoms with Crippen LogP contribution in [0.1, 0.15) is 55.4 Å². The van der Waals surface area contributed by atoms with Gasteiger partial charge in [-0.2, -0.15) is 0 Å². The maximum atomic E-state index is 12.7. The number of fused-ring (bicyclic) bond motifs is 1. The lowest BCUT2D eigenvalue weighted by molar-refractivity contribution is -0.120. The smallest absolute Gasteiger partial charge is 0.410 e. The molecule has 3 amide bonds. The van der Waals surface area contributed by atoms with Crippen molar-refractivity contribution in [3.8, 4) is 0 Å². The molecular weight excluding hydrogens is 356 g/mol. The molecule has 1 saturated heterocycles. The first kappa shape index (κ1) is 18.6. The normalized spacial score (nSPS) is 20.2. The van der Waals surface area contributed by atoms with E-state index < -0.39 is 17.7 Å². The number of thiazole rings is 1. The highest BCUT2D eigenvalue weighted by Gasteiger charge is 2.37. The zero-order valence-electron chi connectivity index (χ0n) is 15.3. The van der Waals surface area contributed by atoms with Gasteiger partial charge in [0.25, 0.3) is 5.91 Å². The van der Waals surface area contributed by atoms with E-state index in [9.17, 15) is 14.4 Å². The first-order valence-electron chi connectivity index (χ1n) is 8.83. The summed E-state index contributed by atoms with van der Waals surface area (Å²) in [6.07, 6.45) is 2.37. The molecule has 0 saturated carbocycles. The first-order valence-corrected chi connectivity index (χ1v) is 9.64. The zero-order chi connectivity index (χ0) is 18.9. The fourth-order valence-electron chi connectivity index (χ4n) is 3.06. The van der Waals surface area contributed by atoms with Crippen molar-refractivity contribution in [1.29, 1.82) is 0 Å². The Morgan fingerprint density at radius 1 is 1.35 bits per heavy atom. The number of hydrogen-bond donors (Lipinski definition) is 2. The quantitative estimate of drug-likeness (QED) is 0.819. The van der Waals surface area contributed by atoms with Crippen LogP contribution in [0.25, 0.3) is 0 Å². The highest BCUT2D eigenvalue weighted by Crippen LogP contribution is 2.27. The van der Waals surface area contributed by atoms with Gasteiger partial charge < -0.3 is 15.4 Å². The van der Waals surface area contributed by atoms with Crippen molar-refractivity contribution in [2.75, 3.05) is 18.4 Å². The summed E-state index contributed by atoms with van der Waals surface area (Å²) in [6.45, 7) is 6.51. The van der Waals surface area contributed by atoms with Gasteiger partial charge in [0, 0.05) is 13.1 Å². The molecule has 142 valence electrons. The van der Waals surface area contributed by atoms with Gasteiger partial charge in [0.2, 0.25) is 5.91 Å². The molecule has 2 aliphatic heterocycles. The highest BCUT2D eigenvalue weighted by atomic mass is 32.1. The van der Waals surface area contributed by atoms with Gasteiger partial charge in [0.05, 0.1) is 5.69 Å². The topological polar surface area (TPSA) is 101 Å². The van der Waals surface area contributed by atoms with E-state index in [-0.39, 0.29) is 11.8 Å². The van der Waals surface area contributed by atoms with E-state index >= 15 is 0 Å². The van der Waals surface area contributed by atoms with Crippen LogP contribution in [-0.4, -0.2) is 52.5 Å². The number of aromatic nitrogens is 1. The fourth-order valence-corrected chi connectivity index (χ4v) is 3.99. The maximum Gasteiger partial charge on any atom is 0.410 e. The Morgan fingerprint density at radius 3 is 2.85 bits per heavy atom. The number of ether oxygens (including phenoxy) is 1. The van der Waals surface area contributed by atoms with Gasteiger partial charge in [0.15, 0.2) is 5.13 Å². The van der Waals surface area contributed by atoms with Crippen LogP contribution < -0.4 is 10.6 Å². The number of aryl methyl sites for hydroxylation is 1. The largest absolute Gasteiger partial charge is 0.444 e. The third-order valence-electron chi connectivity index (χ3n) is 4.19. The molecule has 3 heterocycles. The number of nitrogens with zero attached hydrogens (tertiary/aromatic N) is 2. The van der Waals surface area contributed by atoms with E-state index in [2.05, 4.69) is 15.6 Å². The lowest BCUT2D eigenvalue weighted by Gasteiger charge is -2.27. The minimum absolute atomic E-state index is 0.147. The number of anilines is 1. The second-order valence-electron chi connectivity index (χ2n) is 7.48. The summed E-state index contributed by atoms with van der Waals surface area (Å²) < 4.78 is 5.39. The number of rotatable bonds is 2. The monoisotopic (exact) mass is 380 g/mol. The van der Waals surface area contributed by atoms with Crippen molar-refractivity contribution in [3.63, 3.8) is 0 Å². The van der Waals surface area contributed by atoms with Crippen LogP contribution in [-0.2, 0) is 16.0 Å². The Balaban J connectivity index is 1.69. The Morgan fingerprint density at radius 2 is 2.12 bits per heavy atom. The number of likely N-dealkylation sites (tertiary alicyclic amines) is 1. The zero-order valence-corrected chi connectivity index (χ0v) is 16.1. The summed E-state index contributed by atoms with van der Waals surface area (Å²) >= 11 is 1.17. The third-order valence-corrected chi connectivity index (χ3v) is 5.20. The summed E-state index contributed by atoms with van der Waals surface area (Å²) in [6, 6.07) is -0.581. The molecule has 1 aromatic heterocycles.